The van der Waals surface area contributed by atoms with Crippen LogP contribution in [0.25, 0.3) is 27.9 Å². The lowest BCUT2D eigenvalue weighted by molar-refractivity contribution is 0.274. The van der Waals surface area contributed by atoms with Gasteiger partial charge in [-0.2, -0.15) is 9.50 Å². The molecule has 0 saturated carbocycles. The fourth-order valence-corrected chi connectivity index (χ4v) is 2.88. The number of hydrogen-bond acceptors (Lipinski definition) is 5. The molecule has 8 heteroatoms. The van der Waals surface area contributed by atoms with E-state index in [1.807, 2.05) is 0 Å². The van der Waals surface area contributed by atoms with Crippen LogP contribution < -0.4 is 5.56 Å². The van der Waals surface area contributed by atoms with Crippen LogP contribution in [0.5, 0.6) is 0 Å². The van der Waals surface area contributed by atoms with Crippen molar-refractivity contribution in [1.82, 2.24) is 24.1 Å². The molecule has 126 valence electrons. The van der Waals surface area contributed by atoms with E-state index >= 15 is 0 Å². The van der Waals surface area contributed by atoms with Crippen molar-refractivity contribution in [3.63, 3.8) is 0 Å². The highest BCUT2D eigenvalue weighted by Crippen LogP contribution is 2.26. The zero-order chi connectivity index (χ0) is 17.6. The Morgan fingerprint density at radius 2 is 1.92 bits per heavy atom. The SMILES string of the molecule is Cc1nc2nc3ccn(CCO)c(=O)c3c(-c3ccc(F)cc3)n2n1. The van der Waals surface area contributed by atoms with Crippen molar-refractivity contribution in [1.29, 1.82) is 0 Å². The summed E-state index contributed by atoms with van der Waals surface area (Å²) in [6.07, 6.45) is 1.59. The molecule has 4 aromatic rings. The van der Waals surface area contributed by atoms with Crippen LogP contribution in [0.1, 0.15) is 5.82 Å². The van der Waals surface area contributed by atoms with Gasteiger partial charge in [0.2, 0.25) is 0 Å². The molecule has 25 heavy (non-hydrogen) atoms. The molecule has 3 aromatic heterocycles. The third-order valence-electron chi connectivity index (χ3n) is 3.97. The minimum absolute atomic E-state index is 0.157. The van der Waals surface area contributed by atoms with Crippen LogP contribution in [0.4, 0.5) is 4.39 Å². The number of fused-ring (bicyclic) bond motifs is 2. The molecular formula is C17H14FN5O2. The van der Waals surface area contributed by atoms with Gasteiger partial charge in [0.25, 0.3) is 11.3 Å². The summed E-state index contributed by atoms with van der Waals surface area (Å²) in [5.74, 6) is 0.510. The molecule has 0 amide bonds. The first-order valence-corrected chi connectivity index (χ1v) is 7.72. The lowest BCUT2D eigenvalue weighted by Gasteiger charge is -2.10. The third kappa shape index (κ3) is 2.47. The first kappa shape index (κ1) is 15.4. The van der Waals surface area contributed by atoms with E-state index in [0.717, 1.165) is 0 Å². The standard InChI is InChI=1S/C17H14FN5O2/c1-10-19-17-20-13-6-7-22(8-9-24)16(25)14(13)15(23(17)21-10)11-2-4-12(18)5-3-11/h2-7,24H,8-9H2,1H3. The molecule has 7 nitrogen and oxygen atoms in total. The highest BCUT2D eigenvalue weighted by molar-refractivity contribution is 5.93. The van der Waals surface area contributed by atoms with Gasteiger partial charge < -0.3 is 9.67 Å². The summed E-state index contributed by atoms with van der Waals surface area (Å²) in [6.45, 7) is 1.75. The van der Waals surface area contributed by atoms with Crippen LogP contribution in [0.15, 0.2) is 41.3 Å². The highest BCUT2D eigenvalue weighted by atomic mass is 19.1. The minimum Gasteiger partial charge on any atom is -0.395 e. The number of aliphatic hydroxyl groups is 1. The molecule has 4 rings (SSSR count). The second kappa shape index (κ2) is 5.75. The lowest BCUT2D eigenvalue weighted by Crippen LogP contribution is -2.22. The Balaban J connectivity index is 2.18. The number of aryl methyl sites for hydroxylation is 1. The summed E-state index contributed by atoms with van der Waals surface area (Å²) in [5, 5.41) is 13.8. The molecule has 1 N–H and O–H groups in total. The van der Waals surface area contributed by atoms with E-state index in [1.165, 1.54) is 21.2 Å². The van der Waals surface area contributed by atoms with Crippen LogP contribution in [0, 0.1) is 12.7 Å². The molecule has 1 aromatic carbocycles. The number of aliphatic hydroxyl groups excluding tert-OH is 1. The lowest BCUT2D eigenvalue weighted by atomic mass is 10.1. The summed E-state index contributed by atoms with van der Waals surface area (Å²) in [7, 11) is 0. The topological polar surface area (TPSA) is 85.3 Å². The maximum absolute atomic E-state index is 13.3. The summed E-state index contributed by atoms with van der Waals surface area (Å²) in [5.41, 5.74) is 1.30. The molecular weight excluding hydrogens is 325 g/mol. The van der Waals surface area contributed by atoms with Crippen molar-refractivity contribution in [2.75, 3.05) is 6.61 Å². The molecule has 0 spiro atoms. The first-order chi connectivity index (χ1) is 12.1. The van der Waals surface area contributed by atoms with Crippen molar-refractivity contribution in [2.45, 2.75) is 13.5 Å². The summed E-state index contributed by atoms with van der Waals surface area (Å²) in [4.78, 5) is 21.6. The van der Waals surface area contributed by atoms with Crippen molar-refractivity contribution >= 4 is 16.7 Å². The molecule has 0 aliphatic heterocycles. The Labute approximate surface area is 141 Å². The van der Waals surface area contributed by atoms with Gasteiger partial charge in [0.05, 0.1) is 23.2 Å². The number of pyridine rings is 1. The van der Waals surface area contributed by atoms with E-state index in [2.05, 4.69) is 15.1 Å². The first-order valence-electron chi connectivity index (χ1n) is 7.72. The molecule has 0 unspecified atom stereocenters. The zero-order valence-corrected chi connectivity index (χ0v) is 13.3. The number of hydrogen-bond donors (Lipinski definition) is 1. The van der Waals surface area contributed by atoms with E-state index in [4.69, 9.17) is 5.11 Å². The third-order valence-corrected chi connectivity index (χ3v) is 3.97. The number of benzene rings is 1. The van der Waals surface area contributed by atoms with Gasteiger partial charge in [0.15, 0.2) is 0 Å². The Bertz CT molecular complexity index is 1150. The fourth-order valence-electron chi connectivity index (χ4n) is 2.88. The van der Waals surface area contributed by atoms with Crippen LogP contribution >= 0.6 is 0 Å². The van der Waals surface area contributed by atoms with Crippen molar-refractivity contribution in [3.8, 4) is 11.3 Å². The largest absolute Gasteiger partial charge is 0.395 e. The van der Waals surface area contributed by atoms with Gasteiger partial charge in [-0.25, -0.2) is 9.37 Å². The van der Waals surface area contributed by atoms with Gasteiger partial charge in [-0.1, -0.05) is 0 Å². The number of nitrogens with zero attached hydrogens (tertiary/aromatic N) is 5. The van der Waals surface area contributed by atoms with Crippen LogP contribution in [0.3, 0.4) is 0 Å². The molecule has 0 aliphatic rings. The van der Waals surface area contributed by atoms with E-state index in [1.54, 1.807) is 31.3 Å². The van der Waals surface area contributed by atoms with Gasteiger partial charge in [-0.15, -0.1) is 5.10 Å². The van der Waals surface area contributed by atoms with Gasteiger partial charge in [0, 0.05) is 18.3 Å². The van der Waals surface area contributed by atoms with E-state index in [-0.39, 0.29) is 24.5 Å². The predicted molar refractivity (Wildman–Crippen MR) is 89.8 cm³/mol. The van der Waals surface area contributed by atoms with Crippen LogP contribution in [-0.4, -0.2) is 35.9 Å². The van der Waals surface area contributed by atoms with Gasteiger partial charge in [0.1, 0.15) is 11.6 Å². The monoisotopic (exact) mass is 339 g/mol. The van der Waals surface area contributed by atoms with Gasteiger partial charge in [-0.3, -0.25) is 4.79 Å². The van der Waals surface area contributed by atoms with E-state index in [0.29, 0.717) is 33.8 Å². The maximum atomic E-state index is 13.3. The Morgan fingerprint density at radius 3 is 2.64 bits per heavy atom. The predicted octanol–water partition coefficient (Wildman–Crippen LogP) is 1.55. The minimum atomic E-state index is -0.370. The molecule has 0 saturated heterocycles. The van der Waals surface area contributed by atoms with Crippen LogP contribution in [-0.2, 0) is 6.54 Å². The average Bonchev–Trinajstić information content (AvgIpc) is 2.96. The summed E-state index contributed by atoms with van der Waals surface area (Å²) in [6, 6.07) is 7.52. The van der Waals surface area contributed by atoms with Crippen molar-refractivity contribution in [3.05, 3.63) is 58.5 Å². The maximum Gasteiger partial charge on any atom is 0.262 e. The smallest absolute Gasteiger partial charge is 0.262 e. The second-order valence-electron chi connectivity index (χ2n) is 5.64. The van der Waals surface area contributed by atoms with Crippen LogP contribution in [0.2, 0.25) is 0 Å². The van der Waals surface area contributed by atoms with Crippen molar-refractivity contribution < 1.29 is 9.50 Å². The van der Waals surface area contributed by atoms with E-state index < -0.39 is 0 Å². The quantitative estimate of drug-likeness (QED) is 0.612. The number of rotatable bonds is 3. The van der Waals surface area contributed by atoms with Crippen molar-refractivity contribution in [2.24, 2.45) is 0 Å². The highest BCUT2D eigenvalue weighted by Gasteiger charge is 2.17. The normalized spacial score (nSPS) is 11.5. The molecule has 0 fully saturated rings. The Kier molecular flexibility index (Phi) is 3.54. The second-order valence-corrected chi connectivity index (χ2v) is 5.64. The number of halogens is 1. The summed E-state index contributed by atoms with van der Waals surface area (Å²) < 4.78 is 16.2. The van der Waals surface area contributed by atoms with Gasteiger partial charge >= 0.3 is 0 Å². The number of aromatic nitrogens is 5. The molecule has 0 bridgehead atoms. The molecule has 0 radical (unpaired) electrons. The molecule has 0 aliphatic carbocycles. The fraction of sp³-hybridized carbons (Fsp3) is 0.176. The Hall–Kier alpha value is -3.13. The molecule has 3 heterocycles. The Morgan fingerprint density at radius 1 is 1.16 bits per heavy atom. The summed E-state index contributed by atoms with van der Waals surface area (Å²) >= 11 is 0. The van der Waals surface area contributed by atoms with Gasteiger partial charge in [-0.05, 0) is 37.3 Å². The van der Waals surface area contributed by atoms with E-state index in [9.17, 15) is 9.18 Å². The average molecular weight is 339 g/mol. The molecule has 0 atom stereocenters. The zero-order valence-electron chi connectivity index (χ0n) is 13.3.